The molecule has 1 aliphatic rings. The van der Waals surface area contributed by atoms with E-state index in [1.54, 1.807) is 0 Å². The Morgan fingerprint density at radius 3 is 2.73 bits per heavy atom. The molecule has 0 saturated carbocycles. The Labute approximate surface area is 157 Å². The zero-order chi connectivity index (χ0) is 18.5. The van der Waals surface area contributed by atoms with Crippen LogP contribution in [-0.4, -0.2) is 42.0 Å². The van der Waals surface area contributed by atoms with Crippen LogP contribution in [0.15, 0.2) is 24.4 Å². The number of nitrogens with one attached hydrogen (secondary N) is 2. The average molecular weight is 356 g/mol. The summed E-state index contributed by atoms with van der Waals surface area (Å²) < 4.78 is 0. The number of hydrogen-bond acceptors (Lipinski definition) is 2. The lowest BCUT2D eigenvalue weighted by Gasteiger charge is -2.21. The smallest absolute Gasteiger partial charge is 0.220 e. The monoisotopic (exact) mass is 355 g/mol. The fraction of sp³-hybridized carbons (Fsp3) is 0.591. The minimum Gasteiger partial charge on any atom is -0.361 e. The summed E-state index contributed by atoms with van der Waals surface area (Å²) in [5, 5.41) is 4.41. The molecule has 1 aromatic heterocycles. The Hall–Kier alpha value is -1.81. The molecule has 26 heavy (non-hydrogen) atoms. The maximum atomic E-state index is 12.5. The summed E-state index contributed by atoms with van der Waals surface area (Å²) >= 11 is 0. The lowest BCUT2D eigenvalue weighted by atomic mass is 9.85. The number of aromatic nitrogens is 1. The summed E-state index contributed by atoms with van der Waals surface area (Å²) in [5.41, 5.74) is 3.84. The SMILES string of the molecule is CCc1cccc2c([C@H](CC(=O)NCCN3CCCC3)C(C)C)c[nH]c12. The molecule has 0 unspecified atom stereocenters. The predicted molar refractivity (Wildman–Crippen MR) is 109 cm³/mol. The number of amides is 1. The number of hydrogen-bond donors (Lipinski definition) is 2. The first-order chi connectivity index (χ1) is 12.6. The molecule has 0 bridgehead atoms. The van der Waals surface area contributed by atoms with E-state index in [0.29, 0.717) is 12.3 Å². The van der Waals surface area contributed by atoms with E-state index in [9.17, 15) is 4.79 Å². The van der Waals surface area contributed by atoms with E-state index in [2.05, 4.69) is 60.4 Å². The molecule has 0 spiro atoms. The fourth-order valence-corrected chi connectivity index (χ4v) is 4.18. The van der Waals surface area contributed by atoms with Crippen molar-refractivity contribution in [1.29, 1.82) is 0 Å². The quantitative estimate of drug-likeness (QED) is 0.750. The first-order valence-corrected chi connectivity index (χ1v) is 10.2. The van der Waals surface area contributed by atoms with Crippen LogP contribution in [0.2, 0.25) is 0 Å². The summed E-state index contributed by atoms with van der Waals surface area (Å²) in [7, 11) is 0. The van der Waals surface area contributed by atoms with E-state index in [4.69, 9.17) is 0 Å². The molecule has 0 radical (unpaired) electrons. The van der Waals surface area contributed by atoms with E-state index in [-0.39, 0.29) is 11.8 Å². The largest absolute Gasteiger partial charge is 0.361 e. The van der Waals surface area contributed by atoms with Gasteiger partial charge in [0.2, 0.25) is 5.91 Å². The molecule has 1 aliphatic heterocycles. The molecule has 2 aromatic rings. The van der Waals surface area contributed by atoms with Gasteiger partial charge in [0.15, 0.2) is 0 Å². The molecule has 4 nitrogen and oxygen atoms in total. The van der Waals surface area contributed by atoms with Crippen molar-refractivity contribution in [3.63, 3.8) is 0 Å². The number of aryl methyl sites for hydroxylation is 1. The highest BCUT2D eigenvalue weighted by Crippen LogP contribution is 2.34. The van der Waals surface area contributed by atoms with Crippen molar-refractivity contribution in [1.82, 2.24) is 15.2 Å². The third kappa shape index (κ3) is 4.29. The summed E-state index contributed by atoms with van der Waals surface area (Å²) in [6.45, 7) is 10.7. The van der Waals surface area contributed by atoms with Crippen molar-refractivity contribution in [2.45, 2.75) is 52.4 Å². The molecule has 1 aromatic carbocycles. The zero-order valence-corrected chi connectivity index (χ0v) is 16.5. The predicted octanol–water partition coefficient (Wildman–Crippen LogP) is 4.07. The van der Waals surface area contributed by atoms with Gasteiger partial charge in [-0.3, -0.25) is 4.79 Å². The fourth-order valence-electron chi connectivity index (χ4n) is 4.18. The van der Waals surface area contributed by atoms with Crippen molar-refractivity contribution in [3.8, 4) is 0 Å². The average Bonchev–Trinajstić information content (AvgIpc) is 3.28. The molecular formula is C22H33N3O. The van der Waals surface area contributed by atoms with Gasteiger partial charge in [0.05, 0.1) is 0 Å². The molecular weight excluding hydrogens is 322 g/mol. The second-order valence-electron chi connectivity index (χ2n) is 7.89. The second kappa shape index (κ2) is 8.72. The van der Waals surface area contributed by atoms with Gasteiger partial charge >= 0.3 is 0 Å². The molecule has 3 rings (SSSR count). The first-order valence-electron chi connectivity index (χ1n) is 10.2. The Balaban J connectivity index is 1.66. The molecule has 4 heteroatoms. The van der Waals surface area contributed by atoms with E-state index in [1.807, 2.05) is 0 Å². The third-order valence-corrected chi connectivity index (χ3v) is 5.77. The van der Waals surface area contributed by atoms with Gasteiger partial charge in [-0.1, -0.05) is 39.0 Å². The van der Waals surface area contributed by atoms with Crippen LogP contribution < -0.4 is 5.32 Å². The number of likely N-dealkylation sites (tertiary alicyclic amines) is 1. The molecule has 1 fully saturated rings. The number of rotatable bonds is 8. The Morgan fingerprint density at radius 2 is 2.04 bits per heavy atom. The van der Waals surface area contributed by atoms with E-state index in [1.165, 1.54) is 48.0 Å². The number of carbonyl (C=O) groups is 1. The second-order valence-corrected chi connectivity index (χ2v) is 7.89. The highest BCUT2D eigenvalue weighted by molar-refractivity contribution is 5.87. The summed E-state index contributed by atoms with van der Waals surface area (Å²) in [6.07, 6.45) is 6.28. The van der Waals surface area contributed by atoms with Crippen LogP contribution in [0.1, 0.15) is 57.1 Å². The van der Waals surface area contributed by atoms with Gasteiger partial charge in [0.25, 0.3) is 0 Å². The number of fused-ring (bicyclic) bond motifs is 1. The minimum absolute atomic E-state index is 0.170. The highest BCUT2D eigenvalue weighted by Gasteiger charge is 2.23. The lowest BCUT2D eigenvalue weighted by molar-refractivity contribution is -0.121. The maximum absolute atomic E-state index is 12.5. The third-order valence-electron chi connectivity index (χ3n) is 5.77. The minimum atomic E-state index is 0.170. The maximum Gasteiger partial charge on any atom is 0.220 e. The van der Waals surface area contributed by atoms with Crippen LogP contribution in [0.5, 0.6) is 0 Å². The van der Waals surface area contributed by atoms with Crippen molar-refractivity contribution in [2.75, 3.05) is 26.2 Å². The number of H-pyrrole nitrogens is 1. The molecule has 2 heterocycles. The van der Waals surface area contributed by atoms with Crippen LogP contribution >= 0.6 is 0 Å². The summed E-state index contributed by atoms with van der Waals surface area (Å²) in [5.74, 6) is 0.829. The van der Waals surface area contributed by atoms with Crippen molar-refractivity contribution < 1.29 is 4.79 Å². The van der Waals surface area contributed by atoms with E-state index in [0.717, 1.165) is 19.5 Å². The summed E-state index contributed by atoms with van der Waals surface area (Å²) in [4.78, 5) is 18.4. The van der Waals surface area contributed by atoms with E-state index >= 15 is 0 Å². The molecule has 0 aliphatic carbocycles. The number of para-hydroxylation sites is 1. The van der Waals surface area contributed by atoms with Gasteiger partial charge in [-0.25, -0.2) is 0 Å². The number of aromatic amines is 1. The molecule has 1 atom stereocenters. The van der Waals surface area contributed by atoms with Crippen LogP contribution in [0.4, 0.5) is 0 Å². The molecule has 1 saturated heterocycles. The molecule has 142 valence electrons. The van der Waals surface area contributed by atoms with Crippen LogP contribution in [0.3, 0.4) is 0 Å². The summed E-state index contributed by atoms with van der Waals surface area (Å²) in [6, 6.07) is 6.49. The molecule has 2 N–H and O–H groups in total. The Bertz CT molecular complexity index is 728. The number of benzene rings is 1. The van der Waals surface area contributed by atoms with Crippen LogP contribution in [0, 0.1) is 5.92 Å². The van der Waals surface area contributed by atoms with Crippen LogP contribution in [-0.2, 0) is 11.2 Å². The topological polar surface area (TPSA) is 48.1 Å². The van der Waals surface area contributed by atoms with Gasteiger partial charge < -0.3 is 15.2 Å². The Morgan fingerprint density at radius 1 is 1.27 bits per heavy atom. The standard InChI is InChI=1S/C22H33N3O/c1-4-17-8-7-9-18-20(15-24-22(17)18)19(16(2)3)14-21(26)23-10-13-25-11-5-6-12-25/h7-9,15-16,19,24H,4-6,10-14H2,1-3H3,(H,23,26)/t19-/m1/s1. The first kappa shape index (κ1) is 19.0. The highest BCUT2D eigenvalue weighted by atomic mass is 16.1. The molecule has 1 amide bonds. The van der Waals surface area contributed by atoms with Crippen molar-refractivity contribution in [3.05, 3.63) is 35.5 Å². The van der Waals surface area contributed by atoms with Gasteiger partial charge in [0, 0.05) is 36.6 Å². The van der Waals surface area contributed by atoms with Crippen molar-refractivity contribution >= 4 is 16.8 Å². The number of carbonyl (C=O) groups excluding carboxylic acids is 1. The Kier molecular flexibility index (Phi) is 6.36. The van der Waals surface area contributed by atoms with Gasteiger partial charge in [-0.15, -0.1) is 0 Å². The lowest BCUT2D eigenvalue weighted by Crippen LogP contribution is -2.34. The number of nitrogens with zero attached hydrogens (tertiary/aromatic N) is 1. The van der Waals surface area contributed by atoms with Crippen LogP contribution in [0.25, 0.3) is 10.9 Å². The van der Waals surface area contributed by atoms with E-state index < -0.39 is 0 Å². The zero-order valence-electron chi connectivity index (χ0n) is 16.5. The van der Waals surface area contributed by atoms with Gasteiger partial charge in [-0.05, 0) is 55.3 Å². The van der Waals surface area contributed by atoms with Gasteiger partial charge in [0.1, 0.15) is 0 Å². The normalized spacial score (nSPS) is 16.5. The van der Waals surface area contributed by atoms with Crippen molar-refractivity contribution in [2.24, 2.45) is 5.92 Å². The van der Waals surface area contributed by atoms with Gasteiger partial charge in [-0.2, -0.15) is 0 Å².